The Morgan fingerprint density at radius 3 is 2.69 bits per heavy atom. The Morgan fingerprint density at radius 1 is 1.38 bits per heavy atom. The van der Waals surface area contributed by atoms with Gasteiger partial charge in [0.15, 0.2) is 0 Å². The summed E-state index contributed by atoms with van der Waals surface area (Å²) in [6, 6.07) is 6.04. The normalized spacial score (nSPS) is 14.2. The summed E-state index contributed by atoms with van der Waals surface area (Å²) in [6.07, 6.45) is 5.96. The first kappa shape index (κ1) is 13.4. The van der Waals surface area contributed by atoms with Gasteiger partial charge in [0.1, 0.15) is 0 Å². The van der Waals surface area contributed by atoms with Crippen molar-refractivity contribution < 1.29 is 0 Å². The monoisotopic (exact) mass is 255 g/mol. The van der Waals surface area contributed by atoms with E-state index in [4.69, 9.17) is 29.6 Å². The molecule has 0 fully saturated rings. The Balaban J connectivity index is 2.77. The van der Waals surface area contributed by atoms with E-state index in [1.807, 2.05) is 19.1 Å². The zero-order valence-electron chi connectivity index (χ0n) is 9.43. The second kappa shape index (κ2) is 6.15. The van der Waals surface area contributed by atoms with Crippen molar-refractivity contribution in [2.24, 2.45) is 0 Å². The first-order valence-electron chi connectivity index (χ1n) is 5.19. The van der Waals surface area contributed by atoms with Gasteiger partial charge in [-0.05, 0) is 25.5 Å². The molecule has 1 aromatic carbocycles. The summed E-state index contributed by atoms with van der Waals surface area (Å²) < 4.78 is 0. The highest BCUT2D eigenvalue weighted by molar-refractivity contribution is 6.42. The van der Waals surface area contributed by atoms with Crippen LogP contribution in [-0.2, 0) is 0 Å². The molecule has 86 valence electrons. The molecular weight excluding hydrogens is 241 g/mol. The van der Waals surface area contributed by atoms with Crippen molar-refractivity contribution >= 4 is 23.2 Å². The van der Waals surface area contributed by atoms with Gasteiger partial charge in [-0.1, -0.05) is 35.3 Å². The average molecular weight is 256 g/mol. The van der Waals surface area contributed by atoms with Gasteiger partial charge in [-0.15, -0.1) is 12.3 Å². The van der Waals surface area contributed by atoms with Gasteiger partial charge in [-0.2, -0.15) is 0 Å². The van der Waals surface area contributed by atoms with Crippen molar-refractivity contribution in [3.05, 3.63) is 33.8 Å². The Morgan fingerprint density at radius 2 is 2.06 bits per heavy atom. The molecule has 1 nitrogen and oxygen atoms in total. The van der Waals surface area contributed by atoms with Crippen molar-refractivity contribution in [3.8, 4) is 12.3 Å². The molecule has 0 saturated heterocycles. The van der Waals surface area contributed by atoms with Crippen LogP contribution in [0.1, 0.15) is 31.9 Å². The molecular formula is C13H15Cl2N. The van der Waals surface area contributed by atoms with E-state index < -0.39 is 0 Å². The quantitative estimate of drug-likeness (QED) is 0.801. The molecule has 1 aromatic rings. The van der Waals surface area contributed by atoms with E-state index in [1.165, 1.54) is 0 Å². The summed E-state index contributed by atoms with van der Waals surface area (Å²) in [4.78, 5) is 0. The molecule has 1 rings (SSSR count). The number of terminal acetylenes is 1. The third kappa shape index (κ3) is 3.42. The molecule has 0 radical (unpaired) electrons. The highest BCUT2D eigenvalue weighted by Crippen LogP contribution is 2.29. The number of nitrogens with one attached hydrogen (secondary N) is 1. The molecule has 2 atom stereocenters. The third-order valence-corrected chi connectivity index (χ3v) is 3.24. The van der Waals surface area contributed by atoms with Gasteiger partial charge >= 0.3 is 0 Å². The number of hydrogen-bond acceptors (Lipinski definition) is 1. The predicted octanol–water partition coefficient (Wildman–Crippen LogP) is 4.06. The number of hydrogen-bond donors (Lipinski definition) is 1. The van der Waals surface area contributed by atoms with Gasteiger partial charge in [0.05, 0.1) is 10.0 Å². The van der Waals surface area contributed by atoms with Crippen LogP contribution >= 0.6 is 23.2 Å². The fourth-order valence-electron chi connectivity index (χ4n) is 1.61. The molecule has 3 heteroatoms. The second-order valence-corrected chi connectivity index (χ2v) is 4.63. The van der Waals surface area contributed by atoms with E-state index in [-0.39, 0.29) is 12.1 Å². The maximum atomic E-state index is 6.14. The van der Waals surface area contributed by atoms with E-state index >= 15 is 0 Å². The van der Waals surface area contributed by atoms with Crippen LogP contribution in [0, 0.1) is 12.3 Å². The largest absolute Gasteiger partial charge is 0.307 e. The molecule has 16 heavy (non-hydrogen) atoms. The zero-order chi connectivity index (χ0) is 12.1. The molecule has 0 aliphatic carbocycles. The van der Waals surface area contributed by atoms with Gasteiger partial charge in [0.2, 0.25) is 0 Å². The van der Waals surface area contributed by atoms with Crippen LogP contribution in [0.5, 0.6) is 0 Å². The van der Waals surface area contributed by atoms with E-state index in [9.17, 15) is 0 Å². The number of benzene rings is 1. The summed E-state index contributed by atoms with van der Waals surface area (Å²) in [6.45, 7) is 4.10. The standard InChI is InChI=1S/C13H15Cl2N/c1-4-6-9(2)16-10(3)11-7-5-8-12(14)13(11)15/h1,5,7-10,16H,6H2,2-3H3. The van der Waals surface area contributed by atoms with Crippen LogP contribution in [-0.4, -0.2) is 6.04 Å². The van der Waals surface area contributed by atoms with E-state index in [1.54, 1.807) is 6.07 Å². The van der Waals surface area contributed by atoms with Gasteiger partial charge in [-0.3, -0.25) is 0 Å². The summed E-state index contributed by atoms with van der Waals surface area (Å²) in [5.41, 5.74) is 0.998. The lowest BCUT2D eigenvalue weighted by atomic mass is 10.1. The summed E-state index contributed by atoms with van der Waals surface area (Å²) in [5, 5.41) is 4.57. The Kier molecular flexibility index (Phi) is 5.15. The molecule has 0 aliphatic rings. The predicted molar refractivity (Wildman–Crippen MR) is 70.9 cm³/mol. The molecule has 2 unspecified atom stereocenters. The van der Waals surface area contributed by atoms with Crippen LogP contribution in [0.4, 0.5) is 0 Å². The lowest BCUT2D eigenvalue weighted by molar-refractivity contribution is 0.486. The minimum Gasteiger partial charge on any atom is -0.307 e. The maximum Gasteiger partial charge on any atom is 0.0639 e. The molecule has 0 spiro atoms. The van der Waals surface area contributed by atoms with E-state index in [2.05, 4.69) is 18.2 Å². The first-order chi connectivity index (χ1) is 7.56. The van der Waals surface area contributed by atoms with E-state index in [0.29, 0.717) is 16.5 Å². The van der Waals surface area contributed by atoms with Gasteiger partial charge < -0.3 is 5.32 Å². The van der Waals surface area contributed by atoms with Gasteiger partial charge in [0, 0.05) is 18.5 Å². The van der Waals surface area contributed by atoms with Crippen LogP contribution < -0.4 is 5.32 Å². The molecule has 0 aliphatic heterocycles. The maximum absolute atomic E-state index is 6.14. The van der Waals surface area contributed by atoms with Crippen LogP contribution in [0.3, 0.4) is 0 Å². The summed E-state index contributed by atoms with van der Waals surface area (Å²) in [5.74, 6) is 2.63. The first-order valence-corrected chi connectivity index (χ1v) is 5.95. The summed E-state index contributed by atoms with van der Waals surface area (Å²) in [7, 11) is 0. The fraction of sp³-hybridized carbons (Fsp3) is 0.385. The zero-order valence-corrected chi connectivity index (χ0v) is 10.9. The summed E-state index contributed by atoms with van der Waals surface area (Å²) >= 11 is 12.1. The SMILES string of the molecule is C#CCC(C)NC(C)c1cccc(Cl)c1Cl. The Hall–Kier alpha value is -0.680. The Labute approximate surface area is 107 Å². The average Bonchev–Trinajstić information content (AvgIpc) is 2.22. The van der Waals surface area contributed by atoms with Crippen molar-refractivity contribution in [2.75, 3.05) is 0 Å². The lowest BCUT2D eigenvalue weighted by Crippen LogP contribution is -2.28. The lowest BCUT2D eigenvalue weighted by Gasteiger charge is -2.20. The molecule has 0 heterocycles. The molecule has 0 amide bonds. The van der Waals surface area contributed by atoms with E-state index in [0.717, 1.165) is 5.56 Å². The van der Waals surface area contributed by atoms with Crippen LogP contribution in [0.15, 0.2) is 18.2 Å². The minimum absolute atomic E-state index is 0.134. The third-order valence-electron chi connectivity index (χ3n) is 2.41. The molecule has 0 aromatic heterocycles. The van der Waals surface area contributed by atoms with Crippen molar-refractivity contribution in [2.45, 2.75) is 32.4 Å². The van der Waals surface area contributed by atoms with Crippen molar-refractivity contribution in [1.82, 2.24) is 5.32 Å². The number of rotatable bonds is 4. The second-order valence-electron chi connectivity index (χ2n) is 3.84. The fourth-order valence-corrected chi connectivity index (χ4v) is 2.08. The molecule has 0 saturated carbocycles. The van der Waals surface area contributed by atoms with Crippen molar-refractivity contribution in [3.63, 3.8) is 0 Å². The van der Waals surface area contributed by atoms with Crippen molar-refractivity contribution in [1.29, 1.82) is 0 Å². The van der Waals surface area contributed by atoms with Gasteiger partial charge in [-0.25, -0.2) is 0 Å². The molecule has 1 N–H and O–H groups in total. The minimum atomic E-state index is 0.134. The highest BCUT2D eigenvalue weighted by Gasteiger charge is 2.13. The molecule has 0 bridgehead atoms. The number of halogens is 2. The van der Waals surface area contributed by atoms with Gasteiger partial charge in [0.25, 0.3) is 0 Å². The van der Waals surface area contributed by atoms with Crippen LogP contribution in [0.2, 0.25) is 10.0 Å². The topological polar surface area (TPSA) is 12.0 Å². The Bertz CT molecular complexity index is 395. The highest BCUT2D eigenvalue weighted by atomic mass is 35.5. The smallest absolute Gasteiger partial charge is 0.0639 e. The van der Waals surface area contributed by atoms with Crippen LogP contribution in [0.25, 0.3) is 0 Å².